The summed E-state index contributed by atoms with van der Waals surface area (Å²) in [5.41, 5.74) is 2.51. The van der Waals surface area contributed by atoms with Crippen LogP contribution in [0.4, 0.5) is 5.69 Å². The van der Waals surface area contributed by atoms with E-state index >= 15 is 0 Å². The second kappa shape index (κ2) is 7.07. The zero-order valence-electron chi connectivity index (χ0n) is 14.8. The van der Waals surface area contributed by atoms with Crippen LogP contribution in [0, 0.1) is 11.5 Å². The first-order valence-corrected chi connectivity index (χ1v) is 10.1. The minimum absolute atomic E-state index is 0.350. The minimum Gasteiger partial charge on any atom is -0.310 e. The van der Waals surface area contributed by atoms with Gasteiger partial charge in [0.2, 0.25) is 0 Å². The molecule has 1 aromatic heterocycles. The second-order valence-corrected chi connectivity index (χ2v) is 7.82. The van der Waals surface area contributed by atoms with Crippen molar-refractivity contribution >= 4 is 32.7 Å². The molecule has 1 amide bonds. The Morgan fingerprint density at radius 2 is 1.93 bits per heavy atom. The number of amides is 1. The number of nitrogens with zero attached hydrogens (tertiary/aromatic N) is 4. The monoisotopic (exact) mass is 396 g/mol. The van der Waals surface area contributed by atoms with Crippen LogP contribution in [0.2, 0.25) is 0 Å². The highest BCUT2D eigenvalue weighted by molar-refractivity contribution is 7.86. The predicted molar refractivity (Wildman–Crippen MR) is 101 cm³/mol. The number of carbonyl (C=O) groups is 1. The number of aryl methyl sites for hydroxylation is 1. The van der Waals surface area contributed by atoms with Gasteiger partial charge in [0.25, 0.3) is 11.1 Å². The highest BCUT2D eigenvalue weighted by Crippen LogP contribution is 2.27. The third-order valence-corrected chi connectivity index (χ3v) is 5.75. The van der Waals surface area contributed by atoms with Crippen molar-refractivity contribution in [2.24, 2.45) is 0 Å². The van der Waals surface area contributed by atoms with E-state index in [1.165, 1.54) is 4.90 Å². The molecule has 0 saturated carbocycles. The molecule has 9 heteroatoms. The number of hydrogen-bond donors (Lipinski definition) is 0. The normalized spacial score (nSPS) is 13.9. The largest absolute Gasteiger partial charge is 0.332 e. The fraction of sp³-hybridized carbons (Fsp3) is 0.211. The summed E-state index contributed by atoms with van der Waals surface area (Å²) in [6.07, 6.45) is 3.45. The van der Waals surface area contributed by atoms with Crippen molar-refractivity contribution in [3.63, 3.8) is 0 Å². The molecule has 0 radical (unpaired) electrons. The summed E-state index contributed by atoms with van der Waals surface area (Å²) in [4.78, 5) is 18.1. The van der Waals surface area contributed by atoms with Crippen LogP contribution < -0.4 is 4.90 Å². The lowest BCUT2D eigenvalue weighted by Gasteiger charge is -2.29. The molecule has 8 nitrogen and oxygen atoms in total. The molecule has 0 spiro atoms. The number of carbonyl (C=O) groups excluding carboxylic acids is 1. The van der Waals surface area contributed by atoms with Crippen molar-refractivity contribution in [2.75, 3.05) is 18.1 Å². The van der Waals surface area contributed by atoms with Gasteiger partial charge in [0.15, 0.2) is 6.19 Å². The van der Waals surface area contributed by atoms with Gasteiger partial charge in [-0.2, -0.15) is 13.7 Å². The molecule has 0 atom stereocenters. The average molecular weight is 396 g/mol. The standard InChI is InChI=1S/C19H16N4O4S/c20-13-23-17-10-4-2-8-15(17)21-19(23)28(25,26)27-12-18(24)22-11-5-7-14-6-1-3-9-16(14)22/h1-4,6,8-10H,5,7,11-12H2. The number of imidazole rings is 1. The zero-order valence-corrected chi connectivity index (χ0v) is 15.6. The van der Waals surface area contributed by atoms with Gasteiger partial charge in [0, 0.05) is 12.2 Å². The molecule has 0 saturated heterocycles. The van der Waals surface area contributed by atoms with Gasteiger partial charge in [-0.05, 0) is 36.6 Å². The molecule has 4 rings (SSSR count). The topological polar surface area (TPSA) is 105 Å². The maximum atomic E-state index is 12.6. The van der Waals surface area contributed by atoms with Gasteiger partial charge in [-0.1, -0.05) is 30.3 Å². The Balaban J connectivity index is 1.57. The Morgan fingerprint density at radius 3 is 2.75 bits per heavy atom. The van der Waals surface area contributed by atoms with Crippen LogP contribution in [0.25, 0.3) is 11.0 Å². The number of benzene rings is 2. The van der Waals surface area contributed by atoms with E-state index < -0.39 is 27.8 Å². The summed E-state index contributed by atoms with van der Waals surface area (Å²) < 4.78 is 31.0. The van der Waals surface area contributed by atoms with Crippen molar-refractivity contribution in [3.05, 3.63) is 54.1 Å². The summed E-state index contributed by atoms with van der Waals surface area (Å²) in [6, 6.07) is 14.0. The van der Waals surface area contributed by atoms with Gasteiger partial charge in [-0.3, -0.25) is 8.98 Å². The van der Waals surface area contributed by atoms with E-state index in [1.54, 1.807) is 30.5 Å². The maximum absolute atomic E-state index is 12.6. The molecule has 1 aliphatic rings. The van der Waals surface area contributed by atoms with Gasteiger partial charge in [0.05, 0.1) is 11.0 Å². The fourth-order valence-corrected chi connectivity index (χ4v) is 4.25. The second-order valence-electron chi connectivity index (χ2n) is 6.31. The van der Waals surface area contributed by atoms with Gasteiger partial charge in [-0.15, -0.1) is 0 Å². The van der Waals surface area contributed by atoms with Crippen LogP contribution in [0.1, 0.15) is 12.0 Å². The minimum atomic E-state index is -4.39. The number of fused-ring (bicyclic) bond motifs is 2. The van der Waals surface area contributed by atoms with Gasteiger partial charge < -0.3 is 4.90 Å². The highest BCUT2D eigenvalue weighted by Gasteiger charge is 2.28. The van der Waals surface area contributed by atoms with E-state index in [4.69, 9.17) is 4.18 Å². The van der Waals surface area contributed by atoms with E-state index in [0.29, 0.717) is 17.6 Å². The molecule has 142 valence electrons. The molecule has 3 aromatic rings. The average Bonchev–Trinajstić information content (AvgIpc) is 3.11. The molecular weight excluding hydrogens is 380 g/mol. The number of rotatable bonds is 4. The Hall–Kier alpha value is -3.22. The van der Waals surface area contributed by atoms with Crippen LogP contribution in [-0.2, 0) is 25.5 Å². The van der Waals surface area contributed by atoms with Crippen LogP contribution in [0.15, 0.2) is 53.7 Å². The molecule has 28 heavy (non-hydrogen) atoms. The number of nitriles is 1. The summed E-state index contributed by atoms with van der Waals surface area (Å²) in [7, 11) is -4.39. The van der Waals surface area contributed by atoms with E-state index in [9.17, 15) is 18.5 Å². The number of aromatic nitrogens is 2. The Bertz CT molecular complexity index is 1210. The quantitative estimate of drug-likeness (QED) is 0.625. The van der Waals surface area contributed by atoms with Crippen molar-refractivity contribution < 1.29 is 17.4 Å². The van der Waals surface area contributed by atoms with Crippen molar-refractivity contribution in [1.82, 2.24) is 9.55 Å². The maximum Gasteiger partial charge on any atom is 0.332 e. The first-order valence-electron chi connectivity index (χ1n) is 8.66. The summed E-state index contributed by atoms with van der Waals surface area (Å²) in [5.74, 6) is -0.463. The smallest absolute Gasteiger partial charge is 0.310 e. The zero-order chi connectivity index (χ0) is 19.7. The SMILES string of the molecule is N#Cn1c(S(=O)(=O)OCC(=O)N2CCCc3ccccc32)nc2ccccc21. The number of anilines is 1. The van der Waals surface area contributed by atoms with Gasteiger partial charge >= 0.3 is 10.1 Å². The number of para-hydroxylation sites is 3. The molecule has 2 heterocycles. The van der Waals surface area contributed by atoms with E-state index in [2.05, 4.69) is 4.98 Å². The van der Waals surface area contributed by atoms with Crippen molar-refractivity contribution in [1.29, 1.82) is 5.26 Å². The molecule has 1 aliphatic heterocycles. The van der Waals surface area contributed by atoms with Gasteiger partial charge in [0.1, 0.15) is 6.61 Å². The molecule has 0 unspecified atom stereocenters. The summed E-state index contributed by atoms with van der Waals surface area (Å²) in [6.45, 7) is -0.165. The Labute approximate surface area is 161 Å². The van der Waals surface area contributed by atoms with Gasteiger partial charge in [-0.25, -0.2) is 9.55 Å². The molecular formula is C19H16N4O4S. The van der Waals surface area contributed by atoms with E-state index in [0.717, 1.165) is 28.7 Å². The van der Waals surface area contributed by atoms with Crippen molar-refractivity contribution in [2.45, 2.75) is 18.0 Å². The van der Waals surface area contributed by atoms with Crippen molar-refractivity contribution in [3.8, 4) is 6.19 Å². The first-order chi connectivity index (χ1) is 13.5. The Kier molecular flexibility index (Phi) is 4.58. The molecule has 2 aromatic carbocycles. The lowest BCUT2D eigenvalue weighted by molar-refractivity contribution is -0.120. The molecule has 0 bridgehead atoms. The third-order valence-electron chi connectivity index (χ3n) is 4.60. The van der Waals surface area contributed by atoms with Crippen LogP contribution in [0.5, 0.6) is 0 Å². The predicted octanol–water partition coefficient (Wildman–Crippen LogP) is 2.05. The summed E-state index contributed by atoms with van der Waals surface area (Å²) in [5, 5.41) is 8.80. The van der Waals surface area contributed by atoms with Crippen LogP contribution in [0.3, 0.4) is 0 Å². The van der Waals surface area contributed by atoms with Crippen LogP contribution >= 0.6 is 0 Å². The number of hydrogen-bond acceptors (Lipinski definition) is 6. The summed E-state index contributed by atoms with van der Waals surface area (Å²) >= 11 is 0. The molecule has 0 aliphatic carbocycles. The first kappa shape index (κ1) is 18.2. The fourth-order valence-electron chi connectivity index (χ4n) is 3.32. The van der Waals surface area contributed by atoms with E-state index in [1.807, 2.05) is 24.3 Å². The van der Waals surface area contributed by atoms with E-state index in [-0.39, 0.29) is 0 Å². The van der Waals surface area contributed by atoms with Crippen LogP contribution in [-0.4, -0.2) is 37.0 Å². The third kappa shape index (κ3) is 3.13. The highest BCUT2D eigenvalue weighted by atomic mass is 32.2. The lowest BCUT2D eigenvalue weighted by atomic mass is 10.0. The Morgan fingerprint density at radius 1 is 1.18 bits per heavy atom. The molecule has 0 fully saturated rings. The molecule has 0 N–H and O–H groups in total. The lowest BCUT2D eigenvalue weighted by Crippen LogP contribution is -2.38.